The monoisotopic (exact) mass is 447 g/mol. The molecule has 2 aromatic carbocycles. The predicted molar refractivity (Wildman–Crippen MR) is 113 cm³/mol. The lowest BCUT2D eigenvalue weighted by molar-refractivity contribution is -0.138. The van der Waals surface area contributed by atoms with Crippen molar-refractivity contribution in [3.05, 3.63) is 70.6 Å². The van der Waals surface area contributed by atoms with E-state index in [0.29, 0.717) is 35.8 Å². The van der Waals surface area contributed by atoms with Crippen molar-refractivity contribution < 1.29 is 32.2 Å². The molecule has 5 nitrogen and oxygen atoms in total. The third kappa shape index (κ3) is 5.69. The van der Waals surface area contributed by atoms with Crippen LogP contribution in [0.2, 0.25) is 0 Å². The number of aliphatic carboxylic acids is 1. The lowest BCUT2D eigenvalue weighted by Gasteiger charge is -2.13. The molecule has 0 fully saturated rings. The number of ether oxygens (including phenoxy) is 1. The summed E-state index contributed by atoms with van der Waals surface area (Å²) in [7, 11) is 0. The average Bonchev–Trinajstić information content (AvgIpc) is 3.12. The van der Waals surface area contributed by atoms with Gasteiger partial charge in [-0.3, -0.25) is 4.79 Å². The minimum Gasteiger partial charge on any atom is -0.493 e. The number of alkyl halides is 3. The Morgan fingerprint density at radius 1 is 1.16 bits per heavy atom. The van der Waals surface area contributed by atoms with E-state index < -0.39 is 17.7 Å². The van der Waals surface area contributed by atoms with E-state index in [1.54, 1.807) is 13.0 Å². The summed E-state index contributed by atoms with van der Waals surface area (Å²) < 4.78 is 49.9. The number of hydrogen-bond acceptors (Lipinski definition) is 4. The topological polar surface area (TPSA) is 72.6 Å². The maximum Gasteiger partial charge on any atom is 0.416 e. The summed E-state index contributed by atoms with van der Waals surface area (Å²) in [5, 5.41) is 8.83. The summed E-state index contributed by atoms with van der Waals surface area (Å²) in [4.78, 5) is 15.2. The highest BCUT2D eigenvalue weighted by atomic mass is 19.4. The van der Waals surface area contributed by atoms with Crippen LogP contribution in [0.3, 0.4) is 0 Å². The quantitative estimate of drug-likeness (QED) is 0.447. The number of oxazole rings is 1. The van der Waals surface area contributed by atoms with Crippen LogP contribution < -0.4 is 4.74 Å². The van der Waals surface area contributed by atoms with Crippen LogP contribution in [0, 0.1) is 13.8 Å². The summed E-state index contributed by atoms with van der Waals surface area (Å²) >= 11 is 0. The molecule has 3 rings (SSSR count). The number of nitrogens with zero attached hydrogens (tertiary/aromatic N) is 1. The van der Waals surface area contributed by atoms with E-state index >= 15 is 0 Å². The zero-order valence-corrected chi connectivity index (χ0v) is 18.0. The number of benzene rings is 2. The van der Waals surface area contributed by atoms with Gasteiger partial charge in [-0.25, -0.2) is 4.98 Å². The number of hydrogen-bond donors (Lipinski definition) is 1. The van der Waals surface area contributed by atoms with Gasteiger partial charge in [-0.1, -0.05) is 13.0 Å². The molecular formula is C24H24F3NO4. The summed E-state index contributed by atoms with van der Waals surface area (Å²) in [6.07, 6.45) is -3.86. The fourth-order valence-corrected chi connectivity index (χ4v) is 3.37. The average molecular weight is 447 g/mol. The van der Waals surface area contributed by atoms with Gasteiger partial charge in [0.15, 0.2) is 0 Å². The maximum absolute atomic E-state index is 12.8. The van der Waals surface area contributed by atoms with Crippen LogP contribution in [0.1, 0.15) is 47.4 Å². The predicted octanol–water partition coefficient (Wildman–Crippen LogP) is 6.18. The second kappa shape index (κ2) is 9.46. The van der Waals surface area contributed by atoms with Crippen molar-refractivity contribution in [3.63, 3.8) is 0 Å². The summed E-state index contributed by atoms with van der Waals surface area (Å²) in [6, 6.07) is 10.2. The van der Waals surface area contributed by atoms with E-state index in [2.05, 4.69) is 4.98 Å². The van der Waals surface area contributed by atoms with Crippen LogP contribution in [0.15, 0.2) is 46.9 Å². The molecule has 3 aromatic rings. The van der Waals surface area contributed by atoms with Crippen LogP contribution >= 0.6 is 0 Å². The van der Waals surface area contributed by atoms with Crippen LogP contribution in [0.5, 0.6) is 5.75 Å². The third-order valence-corrected chi connectivity index (χ3v) is 5.18. The molecule has 0 spiro atoms. The Kier molecular flexibility index (Phi) is 6.91. The lowest BCUT2D eigenvalue weighted by atomic mass is 10.0. The molecule has 0 aliphatic carbocycles. The fourth-order valence-electron chi connectivity index (χ4n) is 3.37. The molecule has 0 aliphatic heterocycles. The fraction of sp³-hybridized carbons (Fsp3) is 0.333. The second-order valence-corrected chi connectivity index (χ2v) is 7.73. The largest absolute Gasteiger partial charge is 0.493 e. The Bertz CT molecular complexity index is 1090. The Balaban J connectivity index is 1.66. The molecule has 0 aliphatic rings. The Hall–Kier alpha value is -3.29. The minimum absolute atomic E-state index is 0.0742. The van der Waals surface area contributed by atoms with Crippen molar-refractivity contribution >= 4 is 5.97 Å². The number of rotatable bonds is 8. The molecule has 170 valence electrons. The van der Waals surface area contributed by atoms with Crippen molar-refractivity contribution in [2.24, 2.45) is 0 Å². The smallest absolute Gasteiger partial charge is 0.416 e. The molecule has 8 heteroatoms. The van der Waals surface area contributed by atoms with E-state index in [9.17, 15) is 18.0 Å². The highest BCUT2D eigenvalue weighted by Gasteiger charge is 2.30. The third-order valence-electron chi connectivity index (χ3n) is 5.18. The highest BCUT2D eigenvalue weighted by molar-refractivity contribution is 5.67. The summed E-state index contributed by atoms with van der Waals surface area (Å²) in [5.74, 6) is 0.552. The van der Waals surface area contributed by atoms with Crippen LogP contribution in [0.25, 0.3) is 11.5 Å². The van der Waals surface area contributed by atoms with Crippen molar-refractivity contribution in [1.29, 1.82) is 0 Å². The summed E-state index contributed by atoms with van der Waals surface area (Å²) in [6.45, 7) is 5.92. The van der Waals surface area contributed by atoms with Gasteiger partial charge in [0, 0.05) is 17.9 Å². The van der Waals surface area contributed by atoms with Crippen LogP contribution in [0.4, 0.5) is 13.2 Å². The van der Waals surface area contributed by atoms with Crippen molar-refractivity contribution in [2.45, 2.75) is 45.7 Å². The first kappa shape index (κ1) is 23.4. The molecule has 1 unspecified atom stereocenters. The molecule has 0 radical (unpaired) electrons. The molecular weight excluding hydrogens is 423 g/mol. The van der Waals surface area contributed by atoms with Gasteiger partial charge in [0.1, 0.15) is 11.5 Å². The van der Waals surface area contributed by atoms with Crippen molar-refractivity contribution in [2.75, 3.05) is 6.61 Å². The number of carbonyl (C=O) groups is 1. The standard InChI is InChI=1S/C24H24F3NO4/c1-14-12-20(10-6-17(14)7-11-21(29)30)31-13-15(2)22-16(3)32-23(28-22)18-4-8-19(9-5-18)24(25,26)27/h4-6,8-10,12,15H,7,11,13H2,1-3H3,(H,29,30). The second-order valence-electron chi connectivity index (χ2n) is 7.73. The van der Waals surface area contributed by atoms with Gasteiger partial charge in [-0.15, -0.1) is 0 Å². The van der Waals surface area contributed by atoms with E-state index in [4.69, 9.17) is 14.3 Å². The Morgan fingerprint density at radius 2 is 1.84 bits per heavy atom. The highest BCUT2D eigenvalue weighted by Crippen LogP contribution is 2.32. The maximum atomic E-state index is 12.8. The molecule has 0 bridgehead atoms. The van der Waals surface area contributed by atoms with Crippen molar-refractivity contribution in [1.82, 2.24) is 4.98 Å². The zero-order valence-electron chi connectivity index (χ0n) is 18.0. The molecule has 0 saturated carbocycles. The van der Waals surface area contributed by atoms with Crippen molar-refractivity contribution in [3.8, 4) is 17.2 Å². The molecule has 0 amide bonds. The van der Waals surface area contributed by atoms with Gasteiger partial charge in [-0.2, -0.15) is 13.2 Å². The van der Waals surface area contributed by atoms with E-state index in [-0.39, 0.29) is 18.2 Å². The summed E-state index contributed by atoms with van der Waals surface area (Å²) in [5.41, 5.74) is 2.33. The number of carboxylic acids is 1. The van der Waals surface area contributed by atoms with Gasteiger partial charge >= 0.3 is 12.1 Å². The number of halogens is 3. The Labute approximate surface area is 183 Å². The number of aromatic nitrogens is 1. The number of aryl methyl sites for hydroxylation is 3. The first-order chi connectivity index (χ1) is 15.0. The first-order valence-corrected chi connectivity index (χ1v) is 10.1. The first-order valence-electron chi connectivity index (χ1n) is 10.1. The van der Waals surface area contributed by atoms with E-state index in [0.717, 1.165) is 23.3 Å². The van der Waals surface area contributed by atoms with Gasteiger partial charge in [-0.05, 0) is 67.8 Å². The van der Waals surface area contributed by atoms with Gasteiger partial charge in [0.05, 0.1) is 17.9 Å². The van der Waals surface area contributed by atoms with Gasteiger partial charge in [0.2, 0.25) is 5.89 Å². The molecule has 1 aromatic heterocycles. The number of carboxylic acid groups (broad SMARTS) is 1. The van der Waals surface area contributed by atoms with E-state index in [1.807, 2.05) is 26.0 Å². The normalized spacial score (nSPS) is 12.6. The van der Waals surface area contributed by atoms with E-state index in [1.165, 1.54) is 12.1 Å². The lowest BCUT2D eigenvalue weighted by Crippen LogP contribution is -2.09. The minimum atomic E-state index is -4.39. The molecule has 1 N–H and O–H groups in total. The van der Waals surface area contributed by atoms with Crippen LogP contribution in [-0.2, 0) is 17.4 Å². The molecule has 1 heterocycles. The molecule has 0 saturated heterocycles. The van der Waals surface area contributed by atoms with Gasteiger partial charge in [0.25, 0.3) is 0 Å². The van der Waals surface area contributed by atoms with Crippen LogP contribution in [-0.4, -0.2) is 22.7 Å². The molecule has 1 atom stereocenters. The SMILES string of the molecule is Cc1cc(OCC(C)c2nc(-c3ccc(C(F)(F)F)cc3)oc2C)ccc1CCC(=O)O. The van der Waals surface area contributed by atoms with Gasteiger partial charge < -0.3 is 14.3 Å². The zero-order chi connectivity index (χ0) is 23.5. The molecule has 32 heavy (non-hydrogen) atoms. The Morgan fingerprint density at radius 3 is 2.44 bits per heavy atom.